The molecule has 0 radical (unpaired) electrons. The monoisotopic (exact) mass is 321 g/mol. The molecule has 0 heterocycles. The normalized spacial score (nSPS) is 11.4. The van der Waals surface area contributed by atoms with Gasteiger partial charge in [0.05, 0.1) is 16.7 Å². The van der Waals surface area contributed by atoms with Crippen molar-refractivity contribution in [2.45, 2.75) is 11.3 Å². The predicted molar refractivity (Wildman–Crippen MR) is 74.3 cm³/mol. The molecule has 0 aliphatic rings. The van der Waals surface area contributed by atoms with Gasteiger partial charge in [0.25, 0.3) is 5.69 Å². The molecule has 2 N–H and O–H groups in total. The summed E-state index contributed by atoms with van der Waals surface area (Å²) in [5.74, 6) is -1.19. The van der Waals surface area contributed by atoms with Crippen LogP contribution in [0.25, 0.3) is 0 Å². The molecule has 0 aromatic heterocycles. The van der Waals surface area contributed by atoms with Crippen molar-refractivity contribution in [1.29, 1.82) is 0 Å². The van der Waals surface area contributed by atoms with Crippen LogP contribution in [0.2, 0.25) is 0 Å². The fourth-order valence-electron chi connectivity index (χ4n) is 1.64. The van der Waals surface area contributed by atoms with Crippen molar-refractivity contribution in [2.24, 2.45) is 0 Å². The van der Waals surface area contributed by atoms with Gasteiger partial charge in [0, 0.05) is 33.4 Å². The van der Waals surface area contributed by atoms with E-state index in [-0.39, 0.29) is 12.2 Å². The number of nitrogens with zero attached hydrogens (tertiary/aromatic N) is 1. The highest BCUT2D eigenvalue weighted by Gasteiger charge is 2.26. The molecule has 0 amide bonds. The number of hydrogen-bond acceptors (Lipinski definition) is 6. The average molecular weight is 321 g/mol. The van der Waals surface area contributed by atoms with Crippen LogP contribution in [0.3, 0.4) is 0 Å². The standard InChI is InChI=1S/C11H16FN3O5S/c1-13-10-7-8(15(16)17)6-9(12)11(10)21(18,19)14-4-3-5-20-2/h6-7,13-14H,3-5H2,1-2H3. The topological polar surface area (TPSA) is 111 Å². The highest BCUT2D eigenvalue weighted by Crippen LogP contribution is 2.29. The Labute approximate surface area is 121 Å². The number of benzene rings is 1. The van der Waals surface area contributed by atoms with Crippen LogP contribution in [0.4, 0.5) is 15.8 Å². The summed E-state index contributed by atoms with van der Waals surface area (Å²) in [6, 6.07) is 1.54. The van der Waals surface area contributed by atoms with Gasteiger partial charge < -0.3 is 10.1 Å². The zero-order valence-corrected chi connectivity index (χ0v) is 12.4. The molecule has 118 valence electrons. The minimum atomic E-state index is -4.12. The lowest BCUT2D eigenvalue weighted by molar-refractivity contribution is -0.385. The van der Waals surface area contributed by atoms with E-state index in [1.54, 1.807) is 0 Å². The van der Waals surface area contributed by atoms with Crippen molar-refractivity contribution in [3.63, 3.8) is 0 Å². The molecule has 0 aliphatic carbocycles. The molecule has 1 aromatic carbocycles. The van der Waals surface area contributed by atoms with Crippen LogP contribution in [0.5, 0.6) is 0 Å². The minimum absolute atomic E-state index is 0.0652. The first kappa shape index (κ1) is 17.3. The number of halogens is 1. The second-order valence-corrected chi connectivity index (χ2v) is 5.76. The van der Waals surface area contributed by atoms with Gasteiger partial charge >= 0.3 is 0 Å². The highest BCUT2D eigenvalue weighted by molar-refractivity contribution is 7.89. The van der Waals surface area contributed by atoms with Crippen molar-refractivity contribution in [1.82, 2.24) is 4.72 Å². The van der Waals surface area contributed by atoms with Crippen molar-refractivity contribution < 1.29 is 22.5 Å². The Morgan fingerprint density at radius 3 is 2.62 bits per heavy atom. The van der Waals surface area contributed by atoms with Gasteiger partial charge in [-0.25, -0.2) is 17.5 Å². The number of methoxy groups -OCH3 is 1. The molecule has 1 aromatic rings. The molecule has 0 bridgehead atoms. The number of sulfonamides is 1. The van der Waals surface area contributed by atoms with E-state index in [1.807, 2.05) is 0 Å². The van der Waals surface area contributed by atoms with Crippen molar-refractivity contribution in [3.8, 4) is 0 Å². The molecular weight excluding hydrogens is 305 g/mol. The van der Waals surface area contributed by atoms with Crippen LogP contribution in [0.1, 0.15) is 6.42 Å². The lowest BCUT2D eigenvalue weighted by atomic mass is 10.2. The molecule has 10 heteroatoms. The van der Waals surface area contributed by atoms with E-state index >= 15 is 0 Å². The van der Waals surface area contributed by atoms with Crippen molar-refractivity contribution >= 4 is 21.4 Å². The van der Waals surface area contributed by atoms with Crippen LogP contribution in [0, 0.1) is 15.9 Å². The summed E-state index contributed by atoms with van der Waals surface area (Å²) >= 11 is 0. The highest BCUT2D eigenvalue weighted by atomic mass is 32.2. The summed E-state index contributed by atoms with van der Waals surface area (Å²) in [5, 5.41) is 13.1. The molecule has 0 saturated carbocycles. The molecule has 1 rings (SSSR count). The van der Waals surface area contributed by atoms with Gasteiger partial charge in [0.2, 0.25) is 10.0 Å². The van der Waals surface area contributed by atoms with Gasteiger partial charge in [-0.2, -0.15) is 0 Å². The Bertz CT molecular complexity index is 621. The van der Waals surface area contributed by atoms with Crippen LogP contribution < -0.4 is 10.0 Å². The third kappa shape index (κ3) is 4.34. The van der Waals surface area contributed by atoms with Crippen LogP contribution in [-0.2, 0) is 14.8 Å². The summed E-state index contributed by atoms with van der Waals surface area (Å²) in [7, 11) is -1.30. The van der Waals surface area contributed by atoms with Crippen molar-refractivity contribution in [3.05, 3.63) is 28.1 Å². The maximum absolute atomic E-state index is 13.9. The molecule has 0 unspecified atom stereocenters. The van der Waals surface area contributed by atoms with Gasteiger partial charge in [-0.3, -0.25) is 10.1 Å². The zero-order chi connectivity index (χ0) is 16.0. The van der Waals surface area contributed by atoms with Crippen molar-refractivity contribution in [2.75, 3.05) is 32.6 Å². The Hall–Kier alpha value is -1.78. The maximum Gasteiger partial charge on any atom is 0.274 e. The zero-order valence-electron chi connectivity index (χ0n) is 11.6. The molecule has 0 spiro atoms. The van der Waals surface area contributed by atoms with Crippen LogP contribution >= 0.6 is 0 Å². The summed E-state index contributed by atoms with van der Waals surface area (Å²) in [5.41, 5.74) is -0.712. The van der Waals surface area contributed by atoms with Gasteiger partial charge in [0.15, 0.2) is 5.82 Å². The second-order valence-electron chi connectivity index (χ2n) is 4.06. The Kier molecular flexibility index (Phi) is 6.00. The number of ether oxygens (including phenoxy) is 1. The fraction of sp³-hybridized carbons (Fsp3) is 0.455. The van der Waals surface area contributed by atoms with E-state index in [0.29, 0.717) is 19.1 Å². The van der Waals surface area contributed by atoms with E-state index in [9.17, 15) is 22.9 Å². The summed E-state index contributed by atoms with van der Waals surface area (Å²) in [6.45, 7) is 0.417. The van der Waals surface area contributed by atoms with E-state index in [1.165, 1.54) is 14.2 Å². The smallest absolute Gasteiger partial charge is 0.274 e. The largest absolute Gasteiger partial charge is 0.387 e. The summed E-state index contributed by atoms with van der Waals surface area (Å²) in [4.78, 5) is 9.21. The predicted octanol–water partition coefficient (Wildman–Crippen LogP) is 1.09. The first-order valence-electron chi connectivity index (χ1n) is 5.97. The minimum Gasteiger partial charge on any atom is -0.387 e. The Balaban J connectivity index is 3.13. The van der Waals surface area contributed by atoms with E-state index < -0.39 is 31.3 Å². The molecule has 0 fully saturated rings. The molecule has 0 atom stereocenters. The number of non-ortho nitro benzene ring substituents is 1. The molecular formula is C11H16FN3O5S. The van der Waals surface area contributed by atoms with Crippen LogP contribution in [0.15, 0.2) is 17.0 Å². The third-order valence-electron chi connectivity index (χ3n) is 2.59. The Morgan fingerprint density at radius 2 is 2.10 bits per heavy atom. The summed E-state index contributed by atoms with van der Waals surface area (Å²) < 4.78 is 45.1. The molecule has 0 aliphatic heterocycles. The third-order valence-corrected chi connectivity index (χ3v) is 4.13. The lowest BCUT2D eigenvalue weighted by Gasteiger charge is -2.12. The summed E-state index contributed by atoms with van der Waals surface area (Å²) in [6.07, 6.45) is 0.416. The number of hydrogen-bond donors (Lipinski definition) is 2. The average Bonchev–Trinajstić information content (AvgIpc) is 2.42. The maximum atomic E-state index is 13.9. The number of nitrogens with one attached hydrogen (secondary N) is 2. The number of anilines is 1. The molecule has 0 saturated heterocycles. The first-order chi connectivity index (χ1) is 9.83. The molecule has 21 heavy (non-hydrogen) atoms. The van der Waals surface area contributed by atoms with Gasteiger partial charge in [-0.1, -0.05) is 0 Å². The number of nitro groups is 1. The first-order valence-corrected chi connectivity index (χ1v) is 7.46. The van der Waals surface area contributed by atoms with E-state index in [4.69, 9.17) is 4.74 Å². The van der Waals surface area contributed by atoms with Gasteiger partial charge in [0.1, 0.15) is 4.90 Å². The number of nitro benzene ring substituents is 1. The quantitative estimate of drug-likeness (QED) is 0.421. The lowest BCUT2D eigenvalue weighted by Crippen LogP contribution is -2.27. The van der Waals surface area contributed by atoms with E-state index in [2.05, 4.69) is 10.0 Å². The molecule has 8 nitrogen and oxygen atoms in total. The van der Waals surface area contributed by atoms with Gasteiger partial charge in [-0.15, -0.1) is 0 Å². The van der Waals surface area contributed by atoms with E-state index in [0.717, 1.165) is 6.07 Å². The van der Waals surface area contributed by atoms with Gasteiger partial charge in [-0.05, 0) is 6.42 Å². The number of rotatable bonds is 8. The van der Waals surface area contributed by atoms with Crippen LogP contribution in [-0.4, -0.2) is 40.7 Å². The fourth-order valence-corrected chi connectivity index (χ4v) is 2.96. The Morgan fingerprint density at radius 1 is 1.43 bits per heavy atom. The SMILES string of the molecule is CNc1cc([N+](=O)[O-])cc(F)c1S(=O)(=O)NCCCOC. The second kappa shape index (κ2) is 7.29.